The topological polar surface area (TPSA) is 40.6 Å². The van der Waals surface area contributed by atoms with E-state index >= 15 is 0 Å². The van der Waals surface area contributed by atoms with Gasteiger partial charge in [0.1, 0.15) is 0 Å². The third-order valence-corrected chi connectivity index (χ3v) is 3.55. The van der Waals surface area contributed by atoms with Crippen LogP contribution in [0.1, 0.15) is 11.1 Å². The molecule has 0 atom stereocenters. The molecule has 0 aromatic heterocycles. The molecule has 1 aromatic carbocycles. The van der Waals surface area contributed by atoms with E-state index in [1.54, 1.807) is 11.0 Å². The fourth-order valence-corrected chi connectivity index (χ4v) is 2.65. The maximum atomic E-state index is 12.1. The average Bonchev–Trinajstić information content (AvgIpc) is 2.57. The Morgan fingerprint density at radius 1 is 1.32 bits per heavy atom. The molecular weight excluding hydrogens is 260 g/mol. The summed E-state index contributed by atoms with van der Waals surface area (Å²) in [6.45, 7) is 2.31. The number of hydrogen-bond acceptors (Lipinski definition) is 4. The molecule has 0 radical (unpaired) electrons. The molecule has 1 aromatic rings. The number of benzene rings is 1. The van der Waals surface area contributed by atoms with Crippen molar-refractivity contribution in [2.75, 3.05) is 20.8 Å². The van der Waals surface area contributed by atoms with E-state index in [4.69, 9.17) is 0 Å². The highest BCUT2D eigenvalue weighted by Gasteiger charge is 2.35. The monoisotopic (exact) mass is 276 g/mol. The molecule has 100 valence electrons. The van der Waals surface area contributed by atoms with Crippen LogP contribution in [0.4, 0.5) is 4.79 Å². The van der Waals surface area contributed by atoms with Crippen molar-refractivity contribution in [2.45, 2.75) is 6.92 Å². The van der Waals surface area contributed by atoms with Gasteiger partial charge in [0.15, 0.2) is 0 Å². The minimum Gasteiger partial charge on any atom is -0.292 e. The van der Waals surface area contributed by atoms with Crippen LogP contribution in [0.25, 0.3) is 6.08 Å². The third-order valence-electron chi connectivity index (χ3n) is 2.64. The number of rotatable bonds is 3. The van der Waals surface area contributed by atoms with Gasteiger partial charge in [0.2, 0.25) is 0 Å². The predicted molar refractivity (Wildman–Crippen MR) is 77.5 cm³/mol. The summed E-state index contributed by atoms with van der Waals surface area (Å²) in [4.78, 5) is 27.5. The molecule has 0 aliphatic carbocycles. The zero-order chi connectivity index (χ0) is 14.0. The lowest BCUT2D eigenvalue weighted by atomic mass is 10.1. The number of nitrogens with zero attached hydrogens (tertiary/aromatic N) is 2. The van der Waals surface area contributed by atoms with Crippen LogP contribution in [0.3, 0.4) is 0 Å². The molecule has 0 unspecified atom stereocenters. The van der Waals surface area contributed by atoms with E-state index in [1.807, 2.05) is 45.3 Å². The largest absolute Gasteiger partial charge is 0.294 e. The molecule has 2 amide bonds. The van der Waals surface area contributed by atoms with Gasteiger partial charge in [-0.1, -0.05) is 29.8 Å². The number of amides is 2. The van der Waals surface area contributed by atoms with Crippen molar-refractivity contribution in [3.63, 3.8) is 0 Å². The van der Waals surface area contributed by atoms with E-state index < -0.39 is 0 Å². The lowest BCUT2D eigenvalue weighted by Crippen LogP contribution is -2.36. The molecule has 1 saturated heterocycles. The second-order valence-electron chi connectivity index (χ2n) is 4.74. The fraction of sp³-hybridized carbons (Fsp3) is 0.286. The molecule has 2 rings (SSSR count). The first-order chi connectivity index (χ1) is 8.97. The average molecular weight is 276 g/mol. The Morgan fingerprint density at radius 2 is 2.05 bits per heavy atom. The standard InChI is InChI=1S/C14H16N2O2S/c1-10-5-4-6-11(7-10)8-12-13(17)16(9-15(2)3)14(18)19-12/h4-8H,9H2,1-3H3/b12-8+. The first-order valence-electron chi connectivity index (χ1n) is 5.94. The van der Waals surface area contributed by atoms with Gasteiger partial charge in [-0.3, -0.25) is 19.4 Å². The second-order valence-corrected chi connectivity index (χ2v) is 5.74. The molecule has 0 spiro atoms. The van der Waals surface area contributed by atoms with Gasteiger partial charge in [0.25, 0.3) is 11.1 Å². The Morgan fingerprint density at radius 3 is 2.68 bits per heavy atom. The Balaban J connectivity index is 2.23. The quantitative estimate of drug-likeness (QED) is 0.796. The van der Waals surface area contributed by atoms with Gasteiger partial charge in [0, 0.05) is 0 Å². The zero-order valence-corrected chi connectivity index (χ0v) is 12.0. The van der Waals surface area contributed by atoms with Gasteiger partial charge in [0.05, 0.1) is 11.6 Å². The van der Waals surface area contributed by atoms with E-state index in [2.05, 4.69) is 0 Å². The molecule has 19 heavy (non-hydrogen) atoms. The van der Waals surface area contributed by atoms with Gasteiger partial charge in [-0.2, -0.15) is 0 Å². The van der Waals surface area contributed by atoms with Gasteiger partial charge in [-0.25, -0.2) is 0 Å². The summed E-state index contributed by atoms with van der Waals surface area (Å²) in [5, 5.41) is -0.211. The molecule has 0 saturated carbocycles. The van der Waals surface area contributed by atoms with E-state index in [9.17, 15) is 9.59 Å². The first-order valence-corrected chi connectivity index (χ1v) is 6.76. The predicted octanol–water partition coefficient (Wildman–Crippen LogP) is 2.55. The molecule has 1 fully saturated rings. The van der Waals surface area contributed by atoms with Crippen molar-refractivity contribution in [1.82, 2.24) is 9.80 Å². The van der Waals surface area contributed by atoms with Crippen LogP contribution in [0, 0.1) is 6.92 Å². The normalized spacial score (nSPS) is 17.9. The van der Waals surface area contributed by atoms with Crippen LogP contribution in [-0.2, 0) is 4.79 Å². The maximum Gasteiger partial charge on any atom is 0.294 e. The Bertz CT molecular complexity index is 552. The highest BCUT2D eigenvalue weighted by Crippen LogP contribution is 2.32. The van der Waals surface area contributed by atoms with Gasteiger partial charge in [-0.05, 0) is 44.4 Å². The number of aryl methyl sites for hydroxylation is 1. The van der Waals surface area contributed by atoms with Crippen molar-refractivity contribution in [1.29, 1.82) is 0 Å². The van der Waals surface area contributed by atoms with Crippen molar-refractivity contribution >= 4 is 29.0 Å². The molecule has 0 bridgehead atoms. The van der Waals surface area contributed by atoms with Crippen LogP contribution in [-0.4, -0.2) is 41.7 Å². The minimum absolute atomic E-state index is 0.211. The highest BCUT2D eigenvalue weighted by atomic mass is 32.2. The van der Waals surface area contributed by atoms with Crippen molar-refractivity contribution in [3.05, 3.63) is 40.3 Å². The number of carbonyl (C=O) groups is 2. The first kappa shape index (κ1) is 13.8. The van der Waals surface area contributed by atoms with E-state index in [0.717, 1.165) is 22.9 Å². The minimum atomic E-state index is -0.217. The molecule has 1 aliphatic rings. The lowest BCUT2D eigenvalue weighted by Gasteiger charge is -2.17. The fourth-order valence-electron chi connectivity index (χ4n) is 1.82. The van der Waals surface area contributed by atoms with Gasteiger partial charge < -0.3 is 0 Å². The molecular formula is C14H16N2O2S. The summed E-state index contributed by atoms with van der Waals surface area (Å²) in [7, 11) is 3.65. The lowest BCUT2D eigenvalue weighted by molar-refractivity contribution is -0.123. The van der Waals surface area contributed by atoms with Gasteiger partial charge >= 0.3 is 0 Å². The van der Waals surface area contributed by atoms with E-state index in [-0.39, 0.29) is 11.1 Å². The van der Waals surface area contributed by atoms with E-state index in [1.165, 1.54) is 4.90 Å². The Kier molecular flexibility index (Phi) is 4.07. The van der Waals surface area contributed by atoms with Crippen molar-refractivity contribution in [3.8, 4) is 0 Å². The summed E-state index contributed by atoms with van der Waals surface area (Å²) in [5.74, 6) is -0.217. The number of imide groups is 1. The summed E-state index contributed by atoms with van der Waals surface area (Å²) in [5.41, 5.74) is 2.07. The van der Waals surface area contributed by atoms with Crippen LogP contribution in [0.2, 0.25) is 0 Å². The number of carbonyl (C=O) groups excluding carboxylic acids is 2. The second kappa shape index (κ2) is 5.59. The molecule has 4 nitrogen and oxygen atoms in total. The molecule has 1 aliphatic heterocycles. The highest BCUT2D eigenvalue weighted by molar-refractivity contribution is 8.18. The summed E-state index contributed by atoms with van der Waals surface area (Å²) in [6, 6.07) is 7.84. The number of thioether (sulfide) groups is 1. The van der Waals surface area contributed by atoms with Crippen molar-refractivity contribution in [2.24, 2.45) is 0 Å². The molecule has 1 heterocycles. The SMILES string of the molecule is Cc1cccc(/C=C2/SC(=O)N(CN(C)C)C2=O)c1. The number of hydrogen-bond donors (Lipinski definition) is 0. The van der Waals surface area contributed by atoms with Gasteiger partial charge in [-0.15, -0.1) is 0 Å². The molecule has 0 N–H and O–H groups in total. The smallest absolute Gasteiger partial charge is 0.292 e. The Labute approximate surface area is 117 Å². The van der Waals surface area contributed by atoms with Crippen LogP contribution >= 0.6 is 11.8 Å². The van der Waals surface area contributed by atoms with Crippen LogP contribution in [0.15, 0.2) is 29.2 Å². The van der Waals surface area contributed by atoms with Crippen molar-refractivity contribution < 1.29 is 9.59 Å². The molecule has 5 heteroatoms. The summed E-state index contributed by atoms with van der Waals surface area (Å²) in [6.07, 6.45) is 1.77. The zero-order valence-electron chi connectivity index (χ0n) is 11.2. The van der Waals surface area contributed by atoms with Crippen LogP contribution < -0.4 is 0 Å². The van der Waals surface area contributed by atoms with Crippen LogP contribution in [0.5, 0.6) is 0 Å². The maximum absolute atomic E-state index is 12.1. The summed E-state index contributed by atoms with van der Waals surface area (Å²) >= 11 is 0.996. The Hall–Kier alpha value is -1.59. The van der Waals surface area contributed by atoms with E-state index in [0.29, 0.717) is 11.6 Å². The summed E-state index contributed by atoms with van der Waals surface area (Å²) < 4.78 is 0. The third kappa shape index (κ3) is 3.24.